The van der Waals surface area contributed by atoms with Crippen molar-refractivity contribution in [1.29, 1.82) is 0 Å². The summed E-state index contributed by atoms with van der Waals surface area (Å²) in [6.45, 7) is 1.36. The fourth-order valence-corrected chi connectivity index (χ4v) is 4.99. The summed E-state index contributed by atoms with van der Waals surface area (Å²) >= 11 is 1.32. The minimum atomic E-state index is -0.208. The number of carbonyl (C=O) groups is 2. The molecule has 2 aliphatic heterocycles. The Morgan fingerprint density at radius 2 is 2.03 bits per heavy atom. The molecule has 5 rings (SSSR count). The van der Waals surface area contributed by atoms with Crippen molar-refractivity contribution >= 4 is 35.0 Å². The van der Waals surface area contributed by atoms with Crippen molar-refractivity contribution in [1.82, 2.24) is 14.8 Å². The van der Waals surface area contributed by atoms with E-state index in [-0.39, 0.29) is 30.2 Å². The lowest BCUT2D eigenvalue weighted by Gasteiger charge is -2.29. The van der Waals surface area contributed by atoms with E-state index in [0.29, 0.717) is 23.1 Å². The van der Waals surface area contributed by atoms with Gasteiger partial charge in [0.2, 0.25) is 11.8 Å². The fraction of sp³-hybridized carbons (Fsp3) is 0.333. The van der Waals surface area contributed by atoms with Crippen LogP contribution in [0.3, 0.4) is 0 Å². The van der Waals surface area contributed by atoms with Gasteiger partial charge < -0.3 is 19.7 Å². The molecule has 2 amide bonds. The van der Waals surface area contributed by atoms with Crippen molar-refractivity contribution in [2.75, 3.05) is 36.2 Å². The molecule has 10 heteroatoms. The van der Waals surface area contributed by atoms with Gasteiger partial charge in [0.25, 0.3) is 0 Å². The minimum absolute atomic E-state index is 0.00386. The zero-order valence-electron chi connectivity index (χ0n) is 18.8. The number of rotatable bonds is 7. The van der Waals surface area contributed by atoms with Crippen molar-refractivity contribution in [3.63, 3.8) is 0 Å². The van der Waals surface area contributed by atoms with Crippen LogP contribution >= 0.6 is 11.8 Å². The highest BCUT2D eigenvalue weighted by molar-refractivity contribution is 7.99. The lowest BCUT2D eigenvalue weighted by molar-refractivity contribution is -0.120. The number of thioether (sulfide) groups is 1. The maximum atomic E-state index is 13.1. The predicted molar refractivity (Wildman–Crippen MR) is 129 cm³/mol. The summed E-state index contributed by atoms with van der Waals surface area (Å²) in [5.74, 6) is 1.24. The predicted octanol–water partition coefficient (Wildman–Crippen LogP) is 3.21. The number of anilines is 2. The third-order valence-corrected chi connectivity index (χ3v) is 6.82. The molecule has 1 aromatic heterocycles. The number of amides is 2. The Kier molecular flexibility index (Phi) is 6.50. The Labute approximate surface area is 201 Å². The summed E-state index contributed by atoms with van der Waals surface area (Å²) < 4.78 is 13.1. The van der Waals surface area contributed by atoms with Gasteiger partial charge in [-0.3, -0.25) is 14.2 Å². The first-order valence-corrected chi connectivity index (χ1v) is 12.1. The number of ether oxygens (including phenoxy) is 2. The lowest BCUT2D eigenvalue weighted by Crippen LogP contribution is -2.43. The monoisotopic (exact) mass is 479 g/mol. The topological polar surface area (TPSA) is 98.6 Å². The van der Waals surface area contributed by atoms with Gasteiger partial charge in [0.1, 0.15) is 12.3 Å². The van der Waals surface area contributed by atoms with Gasteiger partial charge in [0.15, 0.2) is 11.0 Å². The molecule has 1 saturated heterocycles. The Morgan fingerprint density at radius 1 is 1.21 bits per heavy atom. The molecular formula is C24H25N5O4S. The summed E-state index contributed by atoms with van der Waals surface area (Å²) in [4.78, 5) is 26.7. The number of benzene rings is 2. The standard InChI is InChI=1S/C24H25N5O4S/c1-32-17-10-8-16(9-11-17)23-26-27-24(29(23)13-18-5-4-12-33-18)34-15-22(31)28-14-21(30)25-19-6-2-3-7-20(19)28/h2-3,6-11,18H,4-5,12-15H2,1H3,(H,25,30)/t18-/m1/s1. The fourth-order valence-electron chi connectivity index (χ4n) is 4.17. The molecule has 0 radical (unpaired) electrons. The number of hydrogen-bond donors (Lipinski definition) is 1. The smallest absolute Gasteiger partial charge is 0.244 e. The number of nitrogens with one attached hydrogen (secondary N) is 1. The van der Waals surface area contributed by atoms with E-state index in [4.69, 9.17) is 9.47 Å². The number of nitrogens with zero attached hydrogens (tertiary/aromatic N) is 4. The SMILES string of the molecule is COc1ccc(-c2nnc(SCC(=O)N3CC(=O)Nc4ccccc43)n2C[C@H]2CCCO2)cc1. The van der Waals surface area contributed by atoms with Crippen LogP contribution in [0, 0.1) is 0 Å². The molecule has 0 spiro atoms. The summed E-state index contributed by atoms with van der Waals surface area (Å²) in [5.41, 5.74) is 2.25. The van der Waals surface area contributed by atoms with Crippen molar-refractivity contribution in [3.05, 3.63) is 48.5 Å². The molecule has 2 aliphatic rings. The molecule has 0 aliphatic carbocycles. The van der Waals surface area contributed by atoms with Crippen molar-refractivity contribution < 1.29 is 19.1 Å². The summed E-state index contributed by atoms with van der Waals surface area (Å²) in [6.07, 6.45) is 2.09. The van der Waals surface area contributed by atoms with Crippen molar-refractivity contribution in [3.8, 4) is 17.1 Å². The van der Waals surface area contributed by atoms with Crippen LogP contribution in [0.2, 0.25) is 0 Å². The number of para-hydroxylation sites is 2. The number of carbonyl (C=O) groups excluding carboxylic acids is 2. The Balaban J connectivity index is 1.37. The van der Waals surface area contributed by atoms with Crippen LogP contribution in [0.1, 0.15) is 12.8 Å². The second-order valence-electron chi connectivity index (χ2n) is 8.11. The largest absolute Gasteiger partial charge is 0.497 e. The molecule has 3 heterocycles. The summed E-state index contributed by atoms with van der Waals surface area (Å²) in [6, 6.07) is 15.0. The van der Waals surface area contributed by atoms with Gasteiger partial charge in [0.05, 0.1) is 36.9 Å². The van der Waals surface area contributed by atoms with Gasteiger partial charge in [0, 0.05) is 12.2 Å². The zero-order valence-corrected chi connectivity index (χ0v) is 19.6. The maximum absolute atomic E-state index is 13.1. The second kappa shape index (κ2) is 9.86. The highest BCUT2D eigenvalue weighted by atomic mass is 32.2. The van der Waals surface area contributed by atoms with Gasteiger partial charge in [-0.15, -0.1) is 10.2 Å². The van der Waals surface area contributed by atoms with Gasteiger partial charge in [-0.05, 0) is 49.2 Å². The molecule has 2 aromatic carbocycles. The molecule has 176 valence electrons. The zero-order chi connectivity index (χ0) is 23.5. The van der Waals surface area contributed by atoms with E-state index < -0.39 is 0 Å². The number of fused-ring (bicyclic) bond motifs is 1. The molecule has 0 unspecified atom stereocenters. The van der Waals surface area contributed by atoms with E-state index in [1.54, 1.807) is 13.2 Å². The van der Waals surface area contributed by atoms with Crippen molar-refractivity contribution in [2.45, 2.75) is 30.6 Å². The van der Waals surface area contributed by atoms with E-state index in [0.717, 1.165) is 36.6 Å². The van der Waals surface area contributed by atoms with E-state index in [1.165, 1.54) is 16.7 Å². The number of hydrogen-bond acceptors (Lipinski definition) is 7. The van der Waals surface area contributed by atoms with Gasteiger partial charge in [-0.25, -0.2) is 0 Å². The molecule has 3 aromatic rings. The molecule has 1 atom stereocenters. The van der Waals surface area contributed by atoms with Crippen LogP contribution < -0.4 is 15.0 Å². The third-order valence-electron chi connectivity index (χ3n) is 5.87. The molecule has 9 nitrogen and oxygen atoms in total. The van der Waals surface area contributed by atoms with E-state index in [2.05, 4.69) is 15.5 Å². The molecule has 34 heavy (non-hydrogen) atoms. The van der Waals surface area contributed by atoms with E-state index in [9.17, 15) is 9.59 Å². The Hall–Kier alpha value is -3.37. The van der Waals surface area contributed by atoms with Crippen LogP contribution in [0.25, 0.3) is 11.4 Å². The maximum Gasteiger partial charge on any atom is 0.244 e. The third kappa shape index (κ3) is 4.64. The molecule has 1 N–H and O–H groups in total. The summed E-state index contributed by atoms with van der Waals surface area (Å²) in [7, 11) is 1.63. The van der Waals surface area contributed by atoms with Gasteiger partial charge >= 0.3 is 0 Å². The quantitative estimate of drug-likeness (QED) is 0.520. The first kappa shape index (κ1) is 22.4. The Morgan fingerprint density at radius 3 is 2.79 bits per heavy atom. The summed E-state index contributed by atoms with van der Waals surface area (Å²) in [5, 5.41) is 12.3. The lowest BCUT2D eigenvalue weighted by atomic mass is 10.2. The average Bonchev–Trinajstić information content (AvgIpc) is 3.52. The van der Waals surface area contributed by atoms with Crippen LogP contribution in [0.4, 0.5) is 11.4 Å². The minimum Gasteiger partial charge on any atom is -0.497 e. The average molecular weight is 480 g/mol. The van der Waals surface area contributed by atoms with E-state index in [1.807, 2.05) is 47.0 Å². The highest BCUT2D eigenvalue weighted by Gasteiger charge is 2.28. The molecular weight excluding hydrogens is 454 g/mol. The number of aromatic nitrogens is 3. The Bertz CT molecular complexity index is 1190. The van der Waals surface area contributed by atoms with Gasteiger partial charge in [-0.2, -0.15) is 0 Å². The van der Waals surface area contributed by atoms with Crippen molar-refractivity contribution in [2.24, 2.45) is 0 Å². The second-order valence-corrected chi connectivity index (χ2v) is 9.06. The van der Waals surface area contributed by atoms with Gasteiger partial charge in [-0.1, -0.05) is 23.9 Å². The van der Waals surface area contributed by atoms with E-state index >= 15 is 0 Å². The highest BCUT2D eigenvalue weighted by Crippen LogP contribution is 2.31. The normalized spacial score (nSPS) is 17.4. The van der Waals surface area contributed by atoms with Crippen LogP contribution in [0.5, 0.6) is 5.75 Å². The van der Waals surface area contributed by atoms with Crippen LogP contribution in [0.15, 0.2) is 53.7 Å². The first-order chi connectivity index (χ1) is 16.6. The molecule has 0 saturated carbocycles. The first-order valence-electron chi connectivity index (χ1n) is 11.1. The molecule has 0 bridgehead atoms. The van der Waals surface area contributed by atoms with Crippen LogP contribution in [-0.4, -0.2) is 58.7 Å². The molecule has 1 fully saturated rings. The van der Waals surface area contributed by atoms with Crippen LogP contribution in [-0.2, 0) is 20.9 Å². The number of methoxy groups -OCH3 is 1.